The van der Waals surface area contributed by atoms with Gasteiger partial charge in [0.15, 0.2) is 0 Å². The van der Waals surface area contributed by atoms with Gasteiger partial charge in [-0.1, -0.05) is 13.8 Å². The molecule has 94 valence electrons. The van der Waals surface area contributed by atoms with Crippen LogP contribution in [0.2, 0.25) is 0 Å². The molecule has 2 aliphatic heterocycles. The fraction of sp³-hybridized carbons (Fsp3) is 0.917. The van der Waals surface area contributed by atoms with Crippen LogP contribution < -0.4 is 0 Å². The standard InChI is InChI=1S/C11H20N2O2.CH4/c14-11(15)13-8-4-10(5-9-13)12-6-2-1-3-7-12;/h10H,1-9H2,(H,14,15);1H4. The second kappa shape index (κ2) is 6.09. The van der Waals surface area contributed by atoms with Crippen LogP contribution in [0.3, 0.4) is 0 Å². The summed E-state index contributed by atoms with van der Waals surface area (Å²) in [5, 5.41) is 8.85. The smallest absolute Gasteiger partial charge is 0.407 e. The van der Waals surface area contributed by atoms with E-state index in [1.165, 1.54) is 32.4 Å². The highest BCUT2D eigenvalue weighted by molar-refractivity contribution is 5.65. The summed E-state index contributed by atoms with van der Waals surface area (Å²) in [7, 11) is 0. The summed E-state index contributed by atoms with van der Waals surface area (Å²) in [5.74, 6) is 0. The zero-order chi connectivity index (χ0) is 10.7. The summed E-state index contributed by atoms with van der Waals surface area (Å²) in [6, 6.07) is 0.640. The first-order chi connectivity index (χ1) is 7.27. The number of nitrogens with zero attached hydrogens (tertiary/aromatic N) is 2. The number of carbonyl (C=O) groups is 1. The molecule has 0 atom stereocenters. The normalized spacial score (nSPS) is 23.9. The Balaban J connectivity index is 0.00000128. The van der Waals surface area contributed by atoms with Crippen LogP contribution in [-0.4, -0.2) is 53.2 Å². The molecular weight excluding hydrogens is 204 g/mol. The summed E-state index contributed by atoms with van der Waals surface area (Å²) >= 11 is 0. The van der Waals surface area contributed by atoms with Crippen LogP contribution >= 0.6 is 0 Å². The molecule has 4 nitrogen and oxygen atoms in total. The van der Waals surface area contributed by atoms with Gasteiger partial charge in [-0.25, -0.2) is 4.79 Å². The SMILES string of the molecule is C.O=C(O)N1CCC(N2CCCCC2)CC1. The van der Waals surface area contributed by atoms with Crippen molar-refractivity contribution in [2.24, 2.45) is 0 Å². The van der Waals surface area contributed by atoms with E-state index >= 15 is 0 Å². The van der Waals surface area contributed by atoms with Crippen LogP contribution in [0.25, 0.3) is 0 Å². The van der Waals surface area contributed by atoms with Crippen LogP contribution in [-0.2, 0) is 0 Å². The summed E-state index contributed by atoms with van der Waals surface area (Å²) < 4.78 is 0. The summed E-state index contributed by atoms with van der Waals surface area (Å²) in [4.78, 5) is 14.8. The molecule has 1 amide bonds. The van der Waals surface area contributed by atoms with Gasteiger partial charge in [-0.3, -0.25) is 0 Å². The predicted octanol–water partition coefficient (Wildman–Crippen LogP) is 2.25. The minimum absolute atomic E-state index is 0. The molecule has 0 aromatic carbocycles. The number of hydrogen-bond acceptors (Lipinski definition) is 2. The van der Waals surface area contributed by atoms with Gasteiger partial charge in [0.25, 0.3) is 0 Å². The Labute approximate surface area is 98.2 Å². The third-order valence-corrected chi connectivity index (χ3v) is 3.64. The molecule has 0 unspecified atom stereocenters. The lowest BCUT2D eigenvalue weighted by molar-refractivity contribution is 0.0849. The second-order valence-corrected chi connectivity index (χ2v) is 4.60. The van der Waals surface area contributed by atoms with E-state index in [-0.39, 0.29) is 7.43 Å². The van der Waals surface area contributed by atoms with Crippen LogP contribution in [0.4, 0.5) is 4.79 Å². The molecule has 2 aliphatic rings. The lowest BCUT2D eigenvalue weighted by Gasteiger charge is -2.39. The van der Waals surface area contributed by atoms with Gasteiger partial charge in [0, 0.05) is 19.1 Å². The van der Waals surface area contributed by atoms with Crippen molar-refractivity contribution in [2.75, 3.05) is 26.2 Å². The minimum Gasteiger partial charge on any atom is -0.465 e. The molecule has 2 saturated heterocycles. The van der Waals surface area contributed by atoms with Gasteiger partial charge in [0.05, 0.1) is 0 Å². The fourth-order valence-electron chi connectivity index (χ4n) is 2.71. The quantitative estimate of drug-likeness (QED) is 0.748. The van der Waals surface area contributed by atoms with Gasteiger partial charge in [-0.05, 0) is 38.8 Å². The summed E-state index contributed by atoms with van der Waals surface area (Å²) in [5.41, 5.74) is 0. The van der Waals surface area contributed by atoms with Crippen LogP contribution in [0, 0.1) is 0 Å². The lowest BCUT2D eigenvalue weighted by Crippen LogP contribution is -2.47. The zero-order valence-electron chi connectivity index (χ0n) is 9.19. The molecule has 0 bridgehead atoms. The molecule has 0 aliphatic carbocycles. The van der Waals surface area contributed by atoms with E-state index in [9.17, 15) is 4.79 Å². The van der Waals surface area contributed by atoms with Gasteiger partial charge in [-0.2, -0.15) is 0 Å². The van der Waals surface area contributed by atoms with E-state index in [0.29, 0.717) is 6.04 Å². The third kappa shape index (κ3) is 3.11. The van der Waals surface area contributed by atoms with Crippen molar-refractivity contribution in [3.63, 3.8) is 0 Å². The van der Waals surface area contributed by atoms with Crippen molar-refractivity contribution >= 4 is 6.09 Å². The van der Waals surface area contributed by atoms with Gasteiger partial charge < -0.3 is 14.9 Å². The molecule has 0 spiro atoms. The number of carboxylic acid groups (broad SMARTS) is 1. The Morgan fingerprint density at radius 2 is 1.56 bits per heavy atom. The molecule has 16 heavy (non-hydrogen) atoms. The van der Waals surface area contributed by atoms with Gasteiger partial charge in [0.2, 0.25) is 0 Å². The van der Waals surface area contributed by atoms with Crippen LogP contribution in [0.5, 0.6) is 0 Å². The maximum atomic E-state index is 10.7. The van der Waals surface area contributed by atoms with E-state index in [2.05, 4.69) is 4.90 Å². The molecular formula is C12H24N2O2. The monoisotopic (exact) mass is 228 g/mol. The zero-order valence-corrected chi connectivity index (χ0v) is 9.19. The first kappa shape index (κ1) is 13.3. The van der Waals surface area contributed by atoms with Crippen molar-refractivity contribution in [1.29, 1.82) is 0 Å². The predicted molar refractivity (Wildman–Crippen MR) is 64.8 cm³/mol. The molecule has 2 rings (SSSR count). The van der Waals surface area contributed by atoms with Crippen molar-refractivity contribution in [2.45, 2.75) is 45.6 Å². The summed E-state index contributed by atoms with van der Waals surface area (Å²) in [6.45, 7) is 3.88. The molecule has 0 saturated carbocycles. The average Bonchev–Trinajstić information content (AvgIpc) is 2.30. The first-order valence-electron chi connectivity index (χ1n) is 5.99. The number of hydrogen-bond donors (Lipinski definition) is 1. The van der Waals surface area contributed by atoms with Gasteiger partial charge in [0.1, 0.15) is 0 Å². The van der Waals surface area contributed by atoms with Crippen LogP contribution in [0.15, 0.2) is 0 Å². The van der Waals surface area contributed by atoms with Crippen molar-refractivity contribution in [3.8, 4) is 0 Å². The molecule has 2 heterocycles. The average molecular weight is 228 g/mol. The first-order valence-corrected chi connectivity index (χ1v) is 5.99. The highest BCUT2D eigenvalue weighted by Gasteiger charge is 2.27. The topological polar surface area (TPSA) is 43.8 Å². The molecule has 0 radical (unpaired) electrons. The number of likely N-dealkylation sites (tertiary alicyclic amines) is 2. The number of piperidine rings is 2. The maximum Gasteiger partial charge on any atom is 0.407 e. The molecule has 0 aromatic rings. The molecule has 4 heteroatoms. The van der Waals surface area contributed by atoms with Crippen molar-refractivity contribution in [3.05, 3.63) is 0 Å². The van der Waals surface area contributed by atoms with E-state index in [1.54, 1.807) is 4.90 Å². The minimum atomic E-state index is -0.757. The van der Waals surface area contributed by atoms with E-state index in [0.717, 1.165) is 25.9 Å². The lowest BCUT2D eigenvalue weighted by atomic mass is 10.0. The number of amides is 1. The van der Waals surface area contributed by atoms with Crippen molar-refractivity contribution < 1.29 is 9.90 Å². The fourth-order valence-corrected chi connectivity index (χ4v) is 2.71. The Morgan fingerprint density at radius 3 is 2.06 bits per heavy atom. The maximum absolute atomic E-state index is 10.7. The van der Waals surface area contributed by atoms with Crippen LogP contribution in [0.1, 0.15) is 39.5 Å². The highest BCUT2D eigenvalue weighted by atomic mass is 16.4. The Bertz CT molecular complexity index is 219. The Hall–Kier alpha value is -0.770. The van der Waals surface area contributed by atoms with E-state index in [4.69, 9.17) is 5.11 Å². The summed E-state index contributed by atoms with van der Waals surface area (Å²) in [6.07, 6.45) is 5.29. The van der Waals surface area contributed by atoms with E-state index < -0.39 is 6.09 Å². The Kier molecular flexibility index (Phi) is 5.06. The van der Waals surface area contributed by atoms with Gasteiger partial charge in [-0.15, -0.1) is 0 Å². The third-order valence-electron chi connectivity index (χ3n) is 3.64. The van der Waals surface area contributed by atoms with Crippen molar-refractivity contribution in [1.82, 2.24) is 9.80 Å². The molecule has 2 fully saturated rings. The highest BCUT2D eigenvalue weighted by Crippen LogP contribution is 2.20. The molecule has 0 aromatic heterocycles. The van der Waals surface area contributed by atoms with Gasteiger partial charge >= 0.3 is 6.09 Å². The Morgan fingerprint density at radius 1 is 1.00 bits per heavy atom. The molecule has 1 N–H and O–H groups in total. The van der Waals surface area contributed by atoms with E-state index in [1.807, 2.05) is 0 Å². The second-order valence-electron chi connectivity index (χ2n) is 4.60. The largest absolute Gasteiger partial charge is 0.465 e. The number of rotatable bonds is 1.